The number of nitro groups is 1. The molecule has 0 aliphatic heterocycles. The van der Waals surface area contributed by atoms with Crippen molar-refractivity contribution in [3.05, 3.63) is 28.0 Å². The zero-order valence-corrected chi connectivity index (χ0v) is 13.7. The Morgan fingerprint density at radius 2 is 2.04 bits per heavy atom. The van der Waals surface area contributed by atoms with Gasteiger partial charge in [0, 0.05) is 6.54 Å². The lowest BCUT2D eigenvalue weighted by atomic mass is 10.3. The molecule has 0 aliphatic carbocycles. The number of amides is 2. The molecular weight excluding hydrogens is 318 g/mol. The minimum absolute atomic E-state index is 0.0848. The highest BCUT2D eigenvalue weighted by molar-refractivity contribution is 6.35. The Kier molecular flexibility index (Phi) is 8.13. The number of hydrogen-bond donors (Lipinski definition) is 2. The van der Waals surface area contributed by atoms with Gasteiger partial charge in [-0.2, -0.15) is 5.10 Å². The fourth-order valence-electron chi connectivity index (χ4n) is 1.84. The van der Waals surface area contributed by atoms with E-state index in [1.54, 1.807) is 0 Å². The predicted octanol–water partition coefficient (Wildman–Crippen LogP) is 0.486. The summed E-state index contributed by atoms with van der Waals surface area (Å²) < 4.78 is 4.81. The van der Waals surface area contributed by atoms with E-state index in [1.807, 2.05) is 5.43 Å². The van der Waals surface area contributed by atoms with Gasteiger partial charge in [-0.05, 0) is 32.1 Å². The number of nitrogens with one attached hydrogen (secondary N) is 2. The molecule has 10 nitrogen and oxygen atoms in total. The molecular formula is C14H21N5O5. The second-order valence-electron chi connectivity index (χ2n) is 4.77. The van der Waals surface area contributed by atoms with E-state index < -0.39 is 22.6 Å². The molecule has 0 radical (unpaired) electrons. The SMILES string of the molecule is CCN(CC)CCCNC(=O)C(=O)N/N=C\c1ccc([N+](=O)[O-])o1. The molecule has 24 heavy (non-hydrogen) atoms. The van der Waals surface area contributed by atoms with Crippen molar-refractivity contribution >= 4 is 23.9 Å². The summed E-state index contributed by atoms with van der Waals surface area (Å²) in [5, 5.41) is 16.4. The predicted molar refractivity (Wildman–Crippen MR) is 86.5 cm³/mol. The fourth-order valence-corrected chi connectivity index (χ4v) is 1.84. The van der Waals surface area contributed by atoms with Crippen LogP contribution >= 0.6 is 0 Å². The topological polar surface area (TPSA) is 130 Å². The molecule has 2 N–H and O–H groups in total. The van der Waals surface area contributed by atoms with Crippen molar-refractivity contribution in [1.29, 1.82) is 0 Å². The molecule has 0 aromatic carbocycles. The van der Waals surface area contributed by atoms with Crippen LogP contribution in [0.15, 0.2) is 21.7 Å². The summed E-state index contributed by atoms with van der Waals surface area (Å²) in [5.41, 5.74) is 2.02. The maximum absolute atomic E-state index is 11.5. The van der Waals surface area contributed by atoms with Crippen molar-refractivity contribution in [2.45, 2.75) is 20.3 Å². The van der Waals surface area contributed by atoms with Gasteiger partial charge in [-0.3, -0.25) is 19.7 Å². The summed E-state index contributed by atoms with van der Waals surface area (Å²) >= 11 is 0. The minimum Gasteiger partial charge on any atom is -0.400 e. The van der Waals surface area contributed by atoms with Crippen LogP contribution in [0.2, 0.25) is 0 Å². The van der Waals surface area contributed by atoms with Crippen molar-refractivity contribution in [2.24, 2.45) is 5.10 Å². The largest absolute Gasteiger partial charge is 0.433 e. The number of carbonyl (C=O) groups excluding carboxylic acids is 2. The van der Waals surface area contributed by atoms with Gasteiger partial charge in [-0.15, -0.1) is 0 Å². The first-order valence-corrected chi connectivity index (χ1v) is 7.55. The summed E-state index contributed by atoms with van der Waals surface area (Å²) in [6.07, 6.45) is 1.80. The summed E-state index contributed by atoms with van der Waals surface area (Å²) in [7, 11) is 0. The Bertz CT molecular complexity index is 594. The molecule has 2 amide bonds. The second kappa shape index (κ2) is 10.1. The highest BCUT2D eigenvalue weighted by Gasteiger charge is 2.13. The van der Waals surface area contributed by atoms with Crippen LogP contribution in [0.3, 0.4) is 0 Å². The first-order chi connectivity index (χ1) is 11.5. The Hall–Kier alpha value is -2.75. The van der Waals surface area contributed by atoms with Crippen LogP contribution in [0.5, 0.6) is 0 Å². The third kappa shape index (κ3) is 6.57. The molecule has 0 unspecified atom stereocenters. The van der Waals surface area contributed by atoms with Crippen molar-refractivity contribution < 1.29 is 18.9 Å². The lowest BCUT2D eigenvalue weighted by Gasteiger charge is -2.17. The summed E-state index contributed by atoms with van der Waals surface area (Å²) in [6.45, 7) is 7.21. The summed E-state index contributed by atoms with van der Waals surface area (Å²) in [6, 6.07) is 2.48. The normalized spacial score (nSPS) is 11.0. The minimum atomic E-state index is -0.921. The van der Waals surface area contributed by atoms with Crippen LogP contribution in [0.25, 0.3) is 0 Å². The molecule has 0 spiro atoms. The third-order valence-electron chi connectivity index (χ3n) is 3.19. The lowest BCUT2D eigenvalue weighted by molar-refractivity contribution is -0.402. The number of hydrogen-bond acceptors (Lipinski definition) is 7. The lowest BCUT2D eigenvalue weighted by Crippen LogP contribution is -2.39. The smallest absolute Gasteiger partial charge is 0.400 e. The number of furan rings is 1. The molecule has 0 atom stereocenters. The standard InChI is InChI=1S/C14H21N5O5/c1-3-18(4-2)9-5-8-15-13(20)14(21)17-16-10-11-6-7-12(24-11)19(22)23/h6-7,10H,3-5,8-9H2,1-2H3,(H,15,20)(H,17,21)/b16-10-. The molecule has 0 saturated carbocycles. The highest BCUT2D eigenvalue weighted by Crippen LogP contribution is 2.13. The van der Waals surface area contributed by atoms with Crippen LogP contribution in [0, 0.1) is 10.1 Å². The Labute approximate surface area is 139 Å². The van der Waals surface area contributed by atoms with E-state index in [0.29, 0.717) is 6.54 Å². The van der Waals surface area contributed by atoms with Gasteiger partial charge >= 0.3 is 17.7 Å². The van der Waals surface area contributed by atoms with Crippen LogP contribution in [0.4, 0.5) is 5.88 Å². The zero-order valence-electron chi connectivity index (χ0n) is 13.7. The number of carbonyl (C=O) groups is 2. The Balaban J connectivity index is 2.29. The quantitative estimate of drug-likeness (QED) is 0.221. The van der Waals surface area contributed by atoms with Gasteiger partial charge in [0.25, 0.3) is 0 Å². The maximum Gasteiger partial charge on any atom is 0.433 e. The average molecular weight is 339 g/mol. The van der Waals surface area contributed by atoms with E-state index in [-0.39, 0.29) is 5.76 Å². The highest BCUT2D eigenvalue weighted by atomic mass is 16.6. The van der Waals surface area contributed by atoms with Gasteiger partial charge in [0.1, 0.15) is 4.92 Å². The van der Waals surface area contributed by atoms with Crippen LogP contribution in [0.1, 0.15) is 26.0 Å². The molecule has 0 bridgehead atoms. The molecule has 0 fully saturated rings. The van der Waals surface area contributed by atoms with E-state index >= 15 is 0 Å². The molecule has 1 rings (SSSR count). The number of hydrazone groups is 1. The second-order valence-corrected chi connectivity index (χ2v) is 4.77. The molecule has 0 saturated heterocycles. The molecule has 1 aromatic heterocycles. The number of rotatable bonds is 9. The average Bonchev–Trinajstić information content (AvgIpc) is 3.04. The van der Waals surface area contributed by atoms with Crippen LogP contribution < -0.4 is 10.7 Å². The zero-order chi connectivity index (χ0) is 17.9. The van der Waals surface area contributed by atoms with Gasteiger partial charge in [-0.1, -0.05) is 13.8 Å². The van der Waals surface area contributed by atoms with E-state index in [1.165, 1.54) is 6.07 Å². The van der Waals surface area contributed by atoms with Gasteiger partial charge in [0.15, 0.2) is 5.76 Å². The van der Waals surface area contributed by atoms with Crippen molar-refractivity contribution in [1.82, 2.24) is 15.6 Å². The molecule has 132 valence electrons. The summed E-state index contributed by atoms with van der Waals surface area (Å²) in [5.74, 6) is -2.07. The molecule has 0 aliphatic rings. The third-order valence-corrected chi connectivity index (χ3v) is 3.19. The van der Waals surface area contributed by atoms with Crippen LogP contribution in [-0.2, 0) is 9.59 Å². The van der Waals surface area contributed by atoms with Gasteiger partial charge in [0.2, 0.25) is 0 Å². The van der Waals surface area contributed by atoms with Gasteiger partial charge in [0.05, 0.1) is 12.3 Å². The van der Waals surface area contributed by atoms with Crippen LogP contribution in [-0.4, -0.2) is 54.0 Å². The Morgan fingerprint density at radius 1 is 1.33 bits per heavy atom. The van der Waals surface area contributed by atoms with E-state index in [4.69, 9.17) is 4.42 Å². The summed E-state index contributed by atoms with van der Waals surface area (Å²) in [4.78, 5) is 35.0. The van der Waals surface area contributed by atoms with E-state index in [2.05, 4.69) is 29.2 Å². The number of nitrogens with zero attached hydrogens (tertiary/aromatic N) is 3. The maximum atomic E-state index is 11.5. The van der Waals surface area contributed by atoms with Crippen molar-refractivity contribution in [2.75, 3.05) is 26.2 Å². The van der Waals surface area contributed by atoms with Crippen molar-refractivity contribution in [3.8, 4) is 0 Å². The first-order valence-electron chi connectivity index (χ1n) is 7.55. The molecule has 10 heteroatoms. The van der Waals surface area contributed by atoms with Crippen molar-refractivity contribution in [3.63, 3.8) is 0 Å². The Morgan fingerprint density at radius 3 is 2.62 bits per heavy atom. The van der Waals surface area contributed by atoms with Gasteiger partial charge < -0.3 is 14.6 Å². The fraction of sp³-hybridized carbons (Fsp3) is 0.500. The molecule has 1 aromatic rings. The monoisotopic (exact) mass is 339 g/mol. The van der Waals surface area contributed by atoms with E-state index in [9.17, 15) is 19.7 Å². The molecule has 1 heterocycles. The first kappa shape index (κ1) is 19.3. The van der Waals surface area contributed by atoms with E-state index in [0.717, 1.165) is 38.3 Å². The van der Waals surface area contributed by atoms with Gasteiger partial charge in [-0.25, -0.2) is 5.43 Å².